The summed E-state index contributed by atoms with van der Waals surface area (Å²) in [6, 6.07) is 6.84. The van der Waals surface area contributed by atoms with Gasteiger partial charge >= 0.3 is 0 Å². The highest BCUT2D eigenvalue weighted by Gasteiger charge is 2.10. The summed E-state index contributed by atoms with van der Waals surface area (Å²) >= 11 is 11.4. The number of benzene rings is 1. The van der Waals surface area contributed by atoms with Crippen molar-refractivity contribution in [1.29, 1.82) is 5.26 Å². The van der Waals surface area contributed by atoms with E-state index in [0.29, 0.717) is 15.6 Å². The minimum atomic E-state index is -0.533. The third kappa shape index (κ3) is 2.35. The summed E-state index contributed by atoms with van der Waals surface area (Å²) in [4.78, 5) is 0. The van der Waals surface area contributed by atoms with Crippen LogP contribution in [0.15, 0.2) is 18.2 Å². The van der Waals surface area contributed by atoms with E-state index in [2.05, 4.69) is 0 Å². The first kappa shape index (κ1) is 10.3. The Bertz CT molecular complexity index is 346. The van der Waals surface area contributed by atoms with Gasteiger partial charge in [-0.15, -0.1) is 0 Å². The lowest BCUT2D eigenvalue weighted by molar-refractivity contribution is 0.286. The fourth-order valence-electron chi connectivity index (χ4n) is 0.950. The third-order valence-electron chi connectivity index (χ3n) is 1.68. The first-order valence-electron chi connectivity index (χ1n) is 3.64. The summed E-state index contributed by atoms with van der Waals surface area (Å²) < 4.78 is 0. The van der Waals surface area contributed by atoms with Crippen molar-refractivity contribution >= 4 is 23.2 Å². The van der Waals surface area contributed by atoms with Crippen LogP contribution in [0.5, 0.6) is 0 Å². The molecule has 0 bridgehead atoms. The minimum absolute atomic E-state index is 0.214. The average molecular weight is 216 g/mol. The molecule has 0 heterocycles. The van der Waals surface area contributed by atoms with Gasteiger partial charge in [0.1, 0.15) is 0 Å². The SMILES string of the molecule is N#CC(CO)c1ccc(Cl)c(Cl)c1. The summed E-state index contributed by atoms with van der Waals surface area (Å²) in [6.45, 7) is -0.214. The van der Waals surface area contributed by atoms with E-state index in [4.69, 9.17) is 33.6 Å². The zero-order valence-electron chi connectivity index (χ0n) is 6.67. The van der Waals surface area contributed by atoms with Crippen LogP contribution in [-0.4, -0.2) is 11.7 Å². The number of nitriles is 1. The number of nitrogens with zero attached hydrogens (tertiary/aromatic N) is 1. The van der Waals surface area contributed by atoms with Gasteiger partial charge in [-0.05, 0) is 17.7 Å². The fraction of sp³-hybridized carbons (Fsp3) is 0.222. The van der Waals surface area contributed by atoms with Crippen LogP contribution in [0.1, 0.15) is 11.5 Å². The Morgan fingerprint density at radius 1 is 1.38 bits per heavy atom. The second kappa shape index (κ2) is 4.48. The molecule has 0 saturated heterocycles. The first-order valence-corrected chi connectivity index (χ1v) is 4.40. The van der Waals surface area contributed by atoms with E-state index in [0.717, 1.165) is 0 Å². The summed E-state index contributed by atoms with van der Waals surface area (Å²) in [6.07, 6.45) is 0. The number of hydrogen-bond acceptors (Lipinski definition) is 2. The average Bonchev–Trinajstić information content (AvgIpc) is 2.13. The van der Waals surface area contributed by atoms with Crippen LogP contribution in [0.25, 0.3) is 0 Å². The van der Waals surface area contributed by atoms with E-state index in [1.54, 1.807) is 18.2 Å². The number of aliphatic hydroxyl groups excluding tert-OH is 1. The predicted octanol–water partition coefficient (Wildman–Crippen LogP) is 2.59. The maximum absolute atomic E-state index is 8.84. The lowest BCUT2D eigenvalue weighted by Crippen LogP contribution is -2.00. The summed E-state index contributed by atoms with van der Waals surface area (Å²) in [5.41, 5.74) is 0.680. The second-order valence-electron chi connectivity index (χ2n) is 2.54. The predicted molar refractivity (Wildman–Crippen MR) is 51.9 cm³/mol. The number of aliphatic hydroxyl groups is 1. The molecule has 1 unspecified atom stereocenters. The van der Waals surface area contributed by atoms with Crippen molar-refractivity contribution in [2.24, 2.45) is 0 Å². The Morgan fingerprint density at radius 3 is 2.54 bits per heavy atom. The van der Waals surface area contributed by atoms with Crippen molar-refractivity contribution in [3.8, 4) is 6.07 Å². The quantitative estimate of drug-likeness (QED) is 0.825. The van der Waals surface area contributed by atoms with Crippen molar-refractivity contribution in [2.75, 3.05) is 6.61 Å². The van der Waals surface area contributed by atoms with E-state index >= 15 is 0 Å². The van der Waals surface area contributed by atoms with Crippen LogP contribution in [0.4, 0.5) is 0 Å². The molecule has 13 heavy (non-hydrogen) atoms. The van der Waals surface area contributed by atoms with Crippen molar-refractivity contribution in [3.63, 3.8) is 0 Å². The topological polar surface area (TPSA) is 44.0 Å². The molecule has 68 valence electrons. The Hall–Kier alpha value is -0.750. The lowest BCUT2D eigenvalue weighted by atomic mass is 10.0. The highest BCUT2D eigenvalue weighted by molar-refractivity contribution is 6.42. The van der Waals surface area contributed by atoms with Crippen LogP contribution < -0.4 is 0 Å². The molecule has 0 fully saturated rings. The smallest absolute Gasteiger partial charge is 0.0944 e. The van der Waals surface area contributed by atoms with Gasteiger partial charge < -0.3 is 5.11 Å². The fourth-order valence-corrected chi connectivity index (χ4v) is 1.26. The van der Waals surface area contributed by atoms with Gasteiger partial charge in [-0.3, -0.25) is 0 Å². The molecule has 1 rings (SSSR count). The Labute approximate surface area is 86.3 Å². The van der Waals surface area contributed by atoms with Crippen LogP contribution in [0.3, 0.4) is 0 Å². The van der Waals surface area contributed by atoms with Crippen molar-refractivity contribution in [1.82, 2.24) is 0 Å². The van der Waals surface area contributed by atoms with E-state index < -0.39 is 5.92 Å². The third-order valence-corrected chi connectivity index (χ3v) is 2.42. The van der Waals surface area contributed by atoms with E-state index in [9.17, 15) is 0 Å². The number of rotatable bonds is 2. The van der Waals surface area contributed by atoms with Gasteiger partial charge in [0.05, 0.1) is 28.6 Å². The van der Waals surface area contributed by atoms with E-state index in [1.165, 1.54) is 0 Å². The monoisotopic (exact) mass is 215 g/mol. The highest BCUT2D eigenvalue weighted by atomic mass is 35.5. The minimum Gasteiger partial charge on any atom is -0.395 e. The number of hydrogen-bond donors (Lipinski definition) is 1. The molecule has 1 N–H and O–H groups in total. The van der Waals surface area contributed by atoms with Gasteiger partial charge in [-0.1, -0.05) is 29.3 Å². The molecule has 0 amide bonds. The molecule has 4 heteroatoms. The maximum Gasteiger partial charge on any atom is 0.0944 e. The van der Waals surface area contributed by atoms with Crippen molar-refractivity contribution in [3.05, 3.63) is 33.8 Å². The van der Waals surface area contributed by atoms with Crippen LogP contribution in [-0.2, 0) is 0 Å². The maximum atomic E-state index is 8.84. The van der Waals surface area contributed by atoms with E-state index in [1.807, 2.05) is 6.07 Å². The Balaban J connectivity index is 3.04. The molecule has 0 aliphatic carbocycles. The van der Waals surface area contributed by atoms with Crippen LogP contribution in [0, 0.1) is 11.3 Å². The van der Waals surface area contributed by atoms with Gasteiger partial charge in [0, 0.05) is 0 Å². The molecular formula is C9H7Cl2NO. The van der Waals surface area contributed by atoms with Gasteiger partial charge in [-0.2, -0.15) is 5.26 Å². The molecule has 2 nitrogen and oxygen atoms in total. The molecule has 0 aliphatic rings. The summed E-state index contributed by atoms with van der Waals surface area (Å²) in [5, 5.41) is 18.3. The molecule has 1 atom stereocenters. The number of halogens is 2. The largest absolute Gasteiger partial charge is 0.395 e. The molecule has 0 radical (unpaired) electrons. The normalized spacial score (nSPS) is 12.2. The molecular weight excluding hydrogens is 209 g/mol. The molecule has 1 aromatic rings. The zero-order chi connectivity index (χ0) is 9.84. The molecule has 0 aliphatic heterocycles. The molecule has 1 aromatic carbocycles. The van der Waals surface area contributed by atoms with Crippen molar-refractivity contribution < 1.29 is 5.11 Å². The van der Waals surface area contributed by atoms with Gasteiger partial charge in [0.2, 0.25) is 0 Å². The zero-order valence-corrected chi connectivity index (χ0v) is 8.18. The highest BCUT2D eigenvalue weighted by Crippen LogP contribution is 2.25. The van der Waals surface area contributed by atoms with Crippen molar-refractivity contribution in [2.45, 2.75) is 5.92 Å². The molecule has 0 saturated carbocycles. The van der Waals surface area contributed by atoms with Gasteiger partial charge in [0.15, 0.2) is 0 Å². The summed E-state index contributed by atoms with van der Waals surface area (Å²) in [7, 11) is 0. The lowest BCUT2D eigenvalue weighted by Gasteiger charge is -2.06. The molecule has 0 spiro atoms. The van der Waals surface area contributed by atoms with Crippen LogP contribution in [0.2, 0.25) is 10.0 Å². The van der Waals surface area contributed by atoms with E-state index in [-0.39, 0.29) is 6.61 Å². The Morgan fingerprint density at radius 2 is 2.08 bits per heavy atom. The van der Waals surface area contributed by atoms with Gasteiger partial charge in [0.25, 0.3) is 0 Å². The van der Waals surface area contributed by atoms with Crippen LogP contribution >= 0.6 is 23.2 Å². The summed E-state index contributed by atoms with van der Waals surface area (Å²) in [5.74, 6) is -0.533. The first-order chi connectivity index (χ1) is 6.19. The molecule has 0 aromatic heterocycles. The standard InChI is InChI=1S/C9H7Cl2NO/c10-8-2-1-6(3-9(8)11)7(4-12)5-13/h1-3,7,13H,5H2. The second-order valence-corrected chi connectivity index (χ2v) is 3.35. The van der Waals surface area contributed by atoms with Gasteiger partial charge in [-0.25, -0.2) is 0 Å². The Kier molecular flexibility index (Phi) is 3.56.